The lowest BCUT2D eigenvalue weighted by Crippen LogP contribution is -2.34. The number of amides is 1. The number of carbonyl (C=O) groups excluding carboxylic acids is 2. The summed E-state index contributed by atoms with van der Waals surface area (Å²) in [5, 5.41) is 11.4. The normalized spacial score (nSPS) is 15.3. The highest BCUT2D eigenvalue weighted by Gasteiger charge is 2.50. The van der Waals surface area contributed by atoms with Gasteiger partial charge in [0.1, 0.15) is 17.0 Å². The zero-order valence-electron chi connectivity index (χ0n) is 27.7. The minimum atomic E-state index is -4.66. The number of rotatable bonds is 9. The molecule has 1 aromatic rings. The second-order valence-corrected chi connectivity index (χ2v) is 11.7. The van der Waals surface area contributed by atoms with E-state index in [-0.39, 0.29) is 5.78 Å². The maximum atomic E-state index is 12.9. The lowest BCUT2D eigenvalue weighted by molar-refractivity contribution is -0.206. The van der Waals surface area contributed by atoms with Crippen LogP contribution in [-0.4, -0.2) is 47.0 Å². The third-order valence-corrected chi connectivity index (χ3v) is 7.63. The van der Waals surface area contributed by atoms with E-state index in [1.807, 2.05) is 45.0 Å². The van der Waals surface area contributed by atoms with Gasteiger partial charge in [0, 0.05) is 41.4 Å². The number of hydrogen-bond donors (Lipinski definition) is 2. The number of Topliss-reactive ketones (excluding diaryl/α,β-unsaturated/α-hetero) is 1. The Bertz CT molecular complexity index is 1300. The van der Waals surface area contributed by atoms with E-state index < -0.39 is 29.1 Å². The Balaban J connectivity index is 0.000000832. The first-order valence-corrected chi connectivity index (χ1v) is 15.6. The monoisotopic (exact) mass is 638 g/mol. The van der Waals surface area contributed by atoms with Crippen LogP contribution in [0.4, 0.5) is 13.2 Å². The third-order valence-electron chi connectivity index (χ3n) is 6.45. The fraction of sp³-hybridized carbons (Fsp3) is 0.515. The van der Waals surface area contributed by atoms with Crippen molar-refractivity contribution in [1.29, 1.82) is 0 Å². The van der Waals surface area contributed by atoms with Crippen molar-refractivity contribution in [3.8, 4) is 0 Å². The molecule has 0 atom stereocenters. The van der Waals surface area contributed by atoms with Gasteiger partial charge >= 0.3 is 6.18 Å². The maximum Gasteiger partial charge on any atom is 0.400 e. The van der Waals surface area contributed by atoms with Crippen LogP contribution in [0.5, 0.6) is 0 Å². The molecule has 0 spiro atoms. The molecule has 0 bridgehead atoms. The van der Waals surface area contributed by atoms with Crippen LogP contribution in [0.1, 0.15) is 102 Å². The van der Waals surface area contributed by atoms with Gasteiger partial charge in [0.15, 0.2) is 5.78 Å². The molecule has 1 aliphatic rings. The molecule has 7 nitrogen and oxygen atoms in total. The Labute approximate surface area is 264 Å². The number of allylic oxidation sites excluding steroid dienone is 5. The van der Waals surface area contributed by atoms with Crippen molar-refractivity contribution >= 4 is 35.1 Å². The maximum absolute atomic E-state index is 12.9. The van der Waals surface area contributed by atoms with Crippen molar-refractivity contribution in [3.63, 3.8) is 0 Å². The fourth-order valence-electron chi connectivity index (χ4n) is 3.49. The van der Waals surface area contributed by atoms with Gasteiger partial charge in [-0.2, -0.15) is 18.2 Å². The number of amidine groups is 1. The Kier molecular flexibility index (Phi) is 17.5. The first-order valence-electron chi connectivity index (χ1n) is 14.7. The van der Waals surface area contributed by atoms with Crippen LogP contribution in [0.15, 0.2) is 62.5 Å². The standard InChI is InChI=1S/C17H23F3N2O2S.C13H18N2O.C3H8/c1-5-7-10-11(9-25-12(10)6-2)15(24)22-14(21)8-13(23)16(3,4)17(18,19)20;1-5-10(2)8-12(11(3)16)13-9-14-6-7-15(13)4;1-3-2/h8-9,23H,5-7H2,1-4H3,(H2,21,22,24);6-9H,5H2,1-4H3;3H2,1-2H3/b13-8-;10-8?,13-12+;. The van der Waals surface area contributed by atoms with E-state index in [0.717, 1.165) is 54.8 Å². The quantitative estimate of drug-likeness (QED) is 0.122. The van der Waals surface area contributed by atoms with Crippen LogP contribution in [-0.2, 0) is 17.6 Å². The third kappa shape index (κ3) is 12.3. The zero-order valence-corrected chi connectivity index (χ0v) is 28.5. The predicted octanol–water partition coefficient (Wildman–Crippen LogP) is 8.88. The average molecular weight is 639 g/mol. The summed E-state index contributed by atoms with van der Waals surface area (Å²) < 4.78 is 38.7. The topological polar surface area (TPSA) is 108 Å². The Hall–Kier alpha value is -3.47. The molecule has 2 heterocycles. The van der Waals surface area contributed by atoms with Gasteiger partial charge in [-0.3, -0.25) is 14.6 Å². The number of thiophene rings is 1. The number of aliphatic hydroxyl groups is 1. The number of carbonyl (C=O) groups is 2. The second kappa shape index (κ2) is 19.0. The highest BCUT2D eigenvalue weighted by Crippen LogP contribution is 2.42. The number of halogens is 3. The van der Waals surface area contributed by atoms with E-state index >= 15 is 0 Å². The highest BCUT2D eigenvalue weighted by atomic mass is 32.1. The lowest BCUT2D eigenvalue weighted by atomic mass is 9.89. The van der Waals surface area contributed by atoms with E-state index in [0.29, 0.717) is 18.1 Å². The minimum Gasteiger partial charge on any atom is -0.511 e. The van der Waals surface area contributed by atoms with Gasteiger partial charge in [-0.25, -0.2) is 0 Å². The largest absolute Gasteiger partial charge is 0.511 e. The number of aliphatic hydroxyl groups excluding tert-OH is 1. The summed E-state index contributed by atoms with van der Waals surface area (Å²) in [5.74, 6) is -2.02. The summed E-state index contributed by atoms with van der Waals surface area (Å²) in [7, 11) is 1.91. The summed E-state index contributed by atoms with van der Waals surface area (Å²) in [6.07, 6.45) is 7.77. The Morgan fingerprint density at radius 2 is 1.70 bits per heavy atom. The van der Waals surface area contributed by atoms with Crippen molar-refractivity contribution in [2.24, 2.45) is 21.1 Å². The van der Waals surface area contributed by atoms with E-state index in [1.165, 1.54) is 23.3 Å². The summed E-state index contributed by atoms with van der Waals surface area (Å²) in [5.41, 5.74) is 7.13. The fourth-order valence-corrected chi connectivity index (χ4v) is 4.51. The molecule has 0 aliphatic carbocycles. The number of hydrogen-bond acceptors (Lipinski definition) is 6. The van der Waals surface area contributed by atoms with Crippen molar-refractivity contribution < 1.29 is 27.9 Å². The van der Waals surface area contributed by atoms with E-state index in [9.17, 15) is 27.9 Å². The molecule has 11 heteroatoms. The highest BCUT2D eigenvalue weighted by molar-refractivity contribution is 7.10. The van der Waals surface area contributed by atoms with E-state index in [2.05, 4.69) is 30.8 Å². The van der Waals surface area contributed by atoms with Crippen LogP contribution >= 0.6 is 11.3 Å². The van der Waals surface area contributed by atoms with Gasteiger partial charge in [-0.1, -0.05) is 59.1 Å². The van der Waals surface area contributed by atoms with E-state index in [1.54, 1.807) is 24.7 Å². The lowest BCUT2D eigenvalue weighted by Gasteiger charge is -2.26. The Morgan fingerprint density at radius 3 is 2.16 bits per heavy atom. The molecule has 44 heavy (non-hydrogen) atoms. The molecular weight excluding hydrogens is 589 g/mol. The van der Waals surface area contributed by atoms with Gasteiger partial charge in [0.25, 0.3) is 5.91 Å². The number of alkyl halides is 3. The van der Waals surface area contributed by atoms with Crippen molar-refractivity contribution in [2.45, 2.75) is 101 Å². The van der Waals surface area contributed by atoms with Gasteiger partial charge < -0.3 is 15.7 Å². The minimum absolute atomic E-state index is 0.0661. The van der Waals surface area contributed by atoms with Gasteiger partial charge in [-0.05, 0) is 52.5 Å². The van der Waals surface area contributed by atoms with Crippen molar-refractivity contribution in [3.05, 3.63) is 68.5 Å². The molecule has 2 rings (SSSR count). The molecular formula is C33H49F3N4O3S. The van der Waals surface area contributed by atoms with Gasteiger partial charge in [-0.15, -0.1) is 11.3 Å². The summed E-state index contributed by atoms with van der Waals surface area (Å²) in [4.78, 5) is 34.6. The first-order chi connectivity index (χ1) is 20.4. The first kappa shape index (κ1) is 40.5. The average Bonchev–Trinajstić information content (AvgIpc) is 3.35. The van der Waals surface area contributed by atoms with Crippen LogP contribution in [0.25, 0.3) is 0 Å². The zero-order chi connectivity index (χ0) is 34.3. The molecule has 1 aliphatic heterocycles. The molecule has 0 fully saturated rings. The Morgan fingerprint density at radius 1 is 1.11 bits per heavy atom. The summed E-state index contributed by atoms with van der Waals surface area (Å²) in [6.45, 7) is 15.5. The van der Waals surface area contributed by atoms with Crippen molar-refractivity contribution in [1.82, 2.24) is 4.90 Å². The number of nitrogens with zero attached hydrogens (tertiary/aromatic N) is 3. The summed E-state index contributed by atoms with van der Waals surface area (Å²) in [6, 6.07) is 0. The number of aliphatic imine (C=N–C) groups is 2. The number of nitrogens with two attached hydrogens (primary N) is 1. The second-order valence-electron chi connectivity index (χ2n) is 10.7. The molecule has 0 aromatic carbocycles. The van der Waals surface area contributed by atoms with Crippen LogP contribution < -0.4 is 5.73 Å². The molecule has 0 radical (unpaired) electrons. The molecule has 3 N–H and O–H groups in total. The molecule has 1 aromatic heterocycles. The van der Waals surface area contributed by atoms with Gasteiger partial charge in [0.05, 0.1) is 17.5 Å². The summed E-state index contributed by atoms with van der Waals surface area (Å²) >= 11 is 1.45. The van der Waals surface area contributed by atoms with Gasteiger partial charge in [0.2, 0.25) is 0 Å². The molecule has 0 saturated carbocycles. The molecule has 0 saturated heterocycles. The van der Waals surface area contributed by atoms with Crippen LogP contribution in [0.2, 0.25) is 0 Å². The number of aryl methyl sites for hydroxylation is 1. The number of ketones is 1. The molecule has 0 unspecified atom stereocenters. The predicted molar refractivity (Wildman–Crippen MR) is 177 cm³/mol. The smallest absolute Gasteiger partial charge is 0.400 e. The SMILES string of the molecule is CCC.CCC(C)=C/C(C(C)=O)=C1/C=NC=CN1C.CCCc1c(C(=O)N=C(N)/C=C(\O)C(C)(C)C(F)(F)F)csc1CC. The van der Waals surface area contributed by atoms with Crippen LogP contribution in [0.3, 0.4) is 0 Å². The van der Waals surface area contributed by atoms with Crippen LogP contribution in [0, 0.1) is 5.41 Å². The molecule has 1 amide bonds. The van der Waals surface area contributed by atoms with E-state index in [4.69, 9.17) is 5.73 Å². The van der Waals surface area contributed by atoms with Crippen molar-refractivity contribution in [2.75, 3.05) is 7.05 Å². The molecule has 246 valence electrons.